The highest BCUT2D eigenvalue weighted by Crippen LogP contribution is 1.98. The van der Waals surface area contributed by atoms with Crippen LogP contribution in [0, 0.1) is 0 Å². The summed E-state index contributed by atoms with van der Waals surface area (Å²) in [5.41, 5.74) is 5.32. The maximum Gasteiger partial charge on any atom is 0.220 e. The number of nitrogens with two attached hydrogens (primary N) is 1. The Balaban J connectivity index is 3.48. The van der Waals surface area contributed by atoms with Gasteiger partial charge in [0.1, 0.15) is 0 Å². The standard InChI is InChI=1S/C11H25N3O/c1-4-10(2)14(3)9-8-13-11(15)6-5-7-12/h10H,4-9,12H2,1-3H3,(H,13,15). The van der Waals surface area contributed by atoms with Gasteiger partial charge in [-0.3, -0.25) is 4.79 Å². The van der Waals surface area contributed by atoms with Gasteiger partial charge >= 0.3 is 0 Å². The van der Waals surface area contributed by atoms with Gasteiger partial charge in [0, 0.05) is 25.6 Å². The van der Waals surface area contributed by atoms with Gasteiger partial charge in [0.2, 0.25) is 5.91 Å². The summed E-state index contributed by atoms with van der Waals surface area (Å²) in [5.74, 6) is 0.109. The summed E-state index contributed by atoms with van der Waals surface area (Å²) in [7, 11) is 2.08. The summed E-state index contributed by atoms with van der Waals surface area (Å²) < 4.78 is 0. The smallest absolute Gasteiger partial charge is 0.220 e. The number of nitrogens with one attached hydrogen (secondary N) is 1. The molecule has 0 bridgehead atoms. The topological polar surface area (TPSA) is 58.4 Å². The fraction of sp³-hybridized carbons (Fsp3) is 0.909. The average Bonchev–Trinajstić information content (AvgIpc) is 2.24. The number of nitrogens with zero attached hydrogens (tertiary/aromatic N) is 1. The average molecular weight is 215 g/mol. The van der Waals surface area contributed by atoms with Gasteiger partial charge in [0.15, 0.2) is 0 Å². The van der Waals surface area contributed by atoms with Gasteiger partial charge in [-0.15, -0.1) is 0 Å². The second-order valence-corrected chi connectivity index (χ2v) is 3.98. The van der Waals surface area contributed by atoms with Crippen LogP contribution < -0.4 is 11.1 Å². The first-order chi connectivity index (χ1) is 7.11. The van der Waals surface area contributed by atoms with Crippen molar-refractivity contribution >= 4 is 5.91 Å². The van der Waals surface area contributed by atoms with Gasteiger partial charge in [-0.1, -0.05) is 6.92 Å². The van der Waals surface area contributed by atoms with E-state index in [1.54, 1.807) is 0 Å². The summed E-state index contributed by atoms with van der Waals surface area (Å²) in [6.07, 6.45) is 2.45. The Kier molecular flexibility index (Phi) is 8.33. The fourth-order valence-electron chi connectivity index (χ4n) is 1.25. The number of rotatable bonds is 8. The van der Waals surface area contributed by atoms with Crippen LogP contribution in [-0.4, -0.2) is 43.5 Å². The SMILES string of the molecule is CCC(C)N(C)CCNC(=O)CCCN. The number of hydrogen-bond donors (Lipinski definition) is 2. The molecule has 0 aromatic heterocycles. The second-order valence-electron chi connectivity index (χ2n) is 3.98. The van der Waals surface area contributed by atoms with Crippen molar-refractivity contribution in [3.8, 4) is 0 Å². The number of carbonyl (C=O) groups is 1. The number of amides is 1. The van der Waals surface area contributed by atoms with Crippen molar-refractivity contribution in [3.63, 3.8) is 0 Å². The first-order valence-corrected chi connectivity index (χ1v) is 5.78. The first kappa shape index (κ1) is 14.4. The minimum Gasteiger partial charge on any atom is -0.355 e. The van der Waals surface area contributed by atoms with Gasteiger partial charge < -0.3 is 16.0 Å². The van der Waals surface area contributed by atoms with Gasteiger partial charge in [0.05, 0.1) is 0 Å². The van der Waals surface area contributed by atoms with Crippen LogP contribution >= 0.6 is 0 Å². The molecule has 0 aliphatic heterocycles. The normalized spacial score (nSPS) is 12.9. The molecule has 0 aromatic carbocycles. The minimum atomic E-state index is 0.109. The molecule has 0 radical (unpaired) electrons. The Hall–Kier alpha value is -0.610. The van der Waals surface area contributed by atoms with E-state index in [9.17, 15) is 4.79 Å². The monoisotopic (exact) mass is 215 g/mol. The van der Waals surface area contributed by atoms with Crippen molar-refractivity contribution < 1.29 is 4.79 Å². The van der Waals surface area contributed by atoms with Crippen LogP contribution in [0.25, 0.3) is 0 Å². The van der Waals surface area contributed by atoms with Crippen LogP contribution in [0.2, 0.25) is 0 Å². The molecule has 4 heteroatoms. The number of likely N-dealkylation sites (N-methyl/N-ethyl adjacent to an activating group) is 1. The lowest BCUT2D eigenvalue weighted by Crippen LogP contribution is -2.37. The van der Waals surface area contributed by atoms with Gasteiger partial charge in [-0.25, -0.2) is 0 Å². The molecule has 0 saturated heterocycles. The molecule has 0 aromatic rings. The fourth-order valence-corrected chi connectivity index (χ4v) is 1.25. The third kappa shape index (κ3) is 7.33. The quantitative estimate of drug-likeness (QED) is 0.622. The highest BCUT2D eigenvalue weighted by molar-refractivity contribution is 5.75. The van der Waals surface area contributed by atoms with E-state index >= 15 is 0 Å². The molecule has 4 nitrogen and oxygen atoms in total. The summed E-state index contributed by atoms with van der Waals surface area (Å²) in [6.45, 7) is 6.57. The lowest BCUT2D eigenvalue weighted by Gasteiger charge is -2.23. The van der Waals surface area contributed by atoms with Crippen LogP contribution in [-0.2, 0) is 4.79 Å². The Morgan fingerprint density at radius 3 is 2.73 bits per heavy atom. The molecule has 0 aliphatic carbocycles. The van der Waals surface area contributed by atoms with E-state index in [1.165, 1.54) is 0 Å². The van der Waals surface area contributed by atoms with E-state index in [1.807, 2.05) is 0 Å². The van der Waals surface area contributed by atoms with E-state index in [2.05, 4.69) is 31.1 Å². The van der Waals surface area contributed by atoms with E-state index in [-0.39, 0.29) is 5.91 Å². The largest absolute Gasteiger partial charge is 0.355 e. The van der Waals surface area contributed by atoms with E-state index in [0.717, 1.165) is 25.9 Å². The Bertz CT molecular complexity index is 173. The Morgan fingerprint density at radius 2 is 2.20 bits per heavy atom. The van der Waals surface area contributed by atoms with Crippen LogP contribution in [0.5, 0.6) is 0 Å². The zero-order chi connectivity index (χ0) is 11.7. The molecule has 1 amide bonds. The Labute approximate surface area is 93.2 Å². The Morgan fingerprint density at radius 1 is 1.53 bits per heavy atom. The van der Waals surface area contributed by atoms with Crippen molar-refractivity contribution in [1.82, 2.24) is 10.2 Å². The third-order valence-corrected chi connectivity index (χ3v) is 2.74. The van der Waals surface area contributed by atoms with Crippen LogP contribution in [0.1, 0.15) is 33.1 Å². The molecule has 15 heavy (non-hydrogen) atoms. The molecule has 90 valence electrons. The summed E-state index contributed by atoms with van der Waals surface area (Å²) in [4.78, 5) is 13.5. The molecule has 1 unspecified atom stereocenters. The molecule has 0 heterocycles. The zero-order valence-electron chi connectivity index (χ0n) is 10.3. The van der Waals surface area contributed by atoms with Crippen molar-refractivity contribution in [2.45, 2.75) is 39.2 Å². The molecule has 0 aliphatic rings. The van der Waals surface area contributed by atoms with Crippen LogP contribution in [0.3, 0.4) is 0 Å². The first-order valence-electron chi connectivity index (χ1n) is 5.78. The number of carbonyl (C=O) groups excluding carboxylic acids is 1. The van der Waals surface area contributed by atoms with Gasteiger partial charge in [-0.05, 0) is 33.4 Å². The van der Waals surface area contributed by atoms with Crippen molar-refractivity contribution in [3.05, 3.63) is 0 Å². The summed E-state index contributed by atoms with van der Waals surface area (Å²) in [5, 5.41) is 2.89. The van der Waals surface area contributed by atoms with E-state index in [0.29, 0.717) is 19.0 Å². The lowest BCUT2D eigenvalue weighted by molar-refractivity contribution is -0.121. The summed E-state index contributed by atoms with van der Waals surface area (Å²) >= 11 is 0. The minimum absolute atomic E-state index is 0.109. The second kappa shape index (κ2) is 8.68. The molecule has 0 rings (SSSR count). The highest BCUT2D eigenvalue weighted by atomic mass is 16.1. The van der Waals surface area contributed by atoms with Gasteiger partial charge in [-0.2, -0.15) is 0 Å². The van der Waals surface area contributed by atoms with E-state index < -0.39 is 0 Å². The van der Waals surface area contributed by atoms with Crippen LogP contribution in [0.15, 0.2) is 0 Å². The molecule has 3 N–H and O–H groups in total. The lowest BCUT2D eigenvalue weighted by atomic mass is 10.2. The van der Waals surface area contributed by atoms with Gasteiger partial charge in [0.25, 0.3) is 0 Å². The highest BCUT2D eigenvalue weighted by Gasteiger charge is 2.06. The molecule has 0 fully saturated rings. The number of hydrogen-bond acceptors (Lipinski definition) is 3. The summed E-state index contributed by atoms with van der Waals surface area (Å²) in [6, 6.07) is 0.575. The van der Waals surface area contributed by atoms with Crippen molar-refractivity contribution in [2.75, 3.05) is 26.7 Å². The maximum absolute atomic E-state index is 11.2. The maximum atomic E-state index is 11.2. The van der Waals surface area contributed by atoms with Crippen LogP contribution in [0.4, 0.5) is 0 Å². The van der Waals surface area contributed by atoms with Crippen molar-refractivity contribution in [1.29, 1.82) is 0 Å². The third-order valence-electron chi connectivity index (χ3n) is 2.74. The predicted molar refractivity (Wildman–Crippen MR) is 63.7 cm³/mol. The molecule has 0 spiro atoms. The van der Waals surface area contributed by atoms with Crippen molar-refractivity contribution in [2.24, 2.45) is 5.73 Å². The molecular weight excluding hydrogens is 190 g/mol. The predicted octanol–water partition coefficient (Wildman–Crippen LogP) is 0.572. The molecule has 0 saturated carbocycles. The van der Waals surface area contributed by atoms with E-state index in [4.69, 9.17) is 5.73 Å². The molecule has 1 atom stereocenters. The zero-order valence-corrected chi connectivity index (χ0v) is 10.3. The molecular formula is C11H25N3O.